The van der Waals surface area contributed by atoms with Crippen molar-refractivity contribution in [3.8, 4) is 0 Å². The molecule has 1 aliphatic heterocycles. The molecule has 1 N–H and O–H groups in total. The average molecular weight is 305 g/mol. The Morgan fingerprint density at radius 3 is 2.64 bits per heavy atom. The summed E-state index contributed by atoms with van der Waals surface area (Å²) in [7, 11) is 0. The van der Waals surface area contributed by atoms with E-state index in [0.29, 0.717) is 18.8 Å². The van der Waals surface area contributed by atoms with Gasteiger partial charge in [-0.05, 0) is 25.0 Å². The van der Waals surface area contributed by atoms with E-state index in [-0.39, 0.29) is 18.4 Å². The molecule has 0 saturated carbocycles. The van der Waals surface area contributed by atoms with Crippen LogP contribution in [0.5, 0.6) is 0 Å². The molecule has 2 rings (SSSR count). The van der Waals surface area contributed by atoms with Crippen LogP contribution in [0.25, 0.3) is 0 Å². The molecule has 0 atom stereocenters. The Hall–Kier alpha value is -1.95. The van der Waals surface area contributed by atoms with Crippen LogP contribution in [0.2, 0.25) is 0 Å². The van der Waals surface area contributed by atoms with Gasteiger partial charge in [0.1, 0.15) is 5.82 Å². The number of carbonyl (C=O) groups excluding carboxylic acids is 1. The molecule has 22 heavy (non-hydrogen) atoms. The molecule has 1 aromatic rings. The largest absolute Gasteiger partial charge is 0.481 e. The Labute approximate surface area is 130 Å². The summed E-state index contributed by atoms with van der Waals surface area (Å²) in [5, 5.41) is 8.75. The molecule has 0 aromatic carbocycles. The minimum Gasteiger partial charge on any atom is -0.481 e. The molecule has 0 aliphatic carbocycles. The van der Waals surface area contributed by atoms with E-state index < -0.39 is 5.97 Å². The second-order valence-corrected chi connectivity index (χ2v) is 5.52. The van der Waals surface area contributed by atoms with Gasteiger partial charge in [0.25, 0.3) is 0 Å². The summed E-state index contributed by atoms with van der Waals surface area (Å²) < 4.78 is 0. The summed E-state index contributed by atoms with van der Waals surface area (Å²) in [6.07, 6.45) is 4.02. The molecule has 0 radical (unpaired) electrons. The van der Waals surface area contributed by atoms with Gasteiger partial charge in [0, 0.05) is 38.3 Å². The van der Waals surface area contributed by atoms with Crippen LogP contribution in [-0.2, 0) is 9.59 Å². The lowest BCUT2D eigenvalue weighted by Gasteiger charge is -2.37. The number of likely N-dealkylation sites (tertiary alicyclic amines) is 1. The van der Waals surface area contributed by atoms with Crippen molar-refractivity contribution in [1.82, 2.24) is 9.88 Å². The topological polar surface area (TPSA) is 73.7 Å². The molecule has 6 heteroatoms. The third-order valence-corrected chi connectivity index (χ3v) is 4.03. The Morgan fingerprint density at radius 2 is 2.09 bits per heavy atom. The van der Waals surface area contributed by atoms with Crippen molar-refractivity contribution in [2.75, 3.05) is 24.5 Å². The third kappa shape index (κ3) is 4.27. The number of hydrogen-bond acceptors (Lipinski definition) is 4. The predicted octanol–water partition coefficient (Wildman–Crippen LogP) is 1.76. The number of nitrogens with zero attached hydrogens (tertiary/aromatic N) is 3. The highest BCUT2D eigenvalue weighted by Crippen LogP contribution is 2.23. The van der Waals surface area contributed by atoms with Crippen molar-refractivity contribution in [1.29, 1.82) is 0 Å². The van der Waals surface area contributed by atoms with Gasteiger partial charge in [-0.2, -0.15) is 0 Å². The first-order valence-electron chi connectivity index (χ1n) is 7.79. The van der Waals surface area contributed by atoms with E-state index >= 15 is 0 Å². The number of pyridine rings is 1. The fourth-order valence-electron chi connectivity index (χ4n) is 2.84. The number of carboxylic acids is 1. The van der Waals surface area contributed by atoms with E-state index in [1.165, 1.54) is 0 Å². The van der Waals surface area contributed by atoms with Gasteiger partial charge in [-0.1, -0.05) is 13.0 Å². The van der Waals surface area contributed by atoms with Crippen LogP contribution in [0.15, 0.2) is 24.4 Å². The van der Waals surface area contributed by atoms with Crippen LogP contribution >= 0.6 is 0 Å². The van der Waals surface area contributed by atoms with Crippen molar-refractivity contribution in [2.45, 2.75) is 38.6 Å². The summed E-state index contributed by atoms with van der Waals surface area (Å²) in [5.74, 6) is 0.0272. The summed E-state index contributed by atoms with van der Waals surface area (Å²) in [6.45, 7) is 4.07. The maximum atomic E-state index is 12.3. The predicted molar refractivity (Wildman–Crippen MR) is 83.7 cm³/mol. The highest BCUT2D eigenvalue weighted by molar-refractivity contribution is 5.92. The average Bonchev–Trinajstić information content (AvgIpc) is 2.55. The van der Waals surface area contributed by atoms with Crippen molar-refractivity contribution < 1.29 is 14.7 Å². The van der Waals surface area contributed by atoms with Gasteiger partial charge in [-0.3, -0.25) is 14.5 Å². The first-order valence-corrected chi connectivity index (χ1v) is 7.79. The second kappa shape index (κ2) is 7.89. The maximum absolute atomic E-state index is 12.3. The lowest BCUT2D eigenvalue weighted by Crippen LogP contribution is -2.48. The summed E-state index contributed by atoms with van der Waals surface area (Å²) in [4.78, 5) is 31.2. The summed E-state index contributed by atoms with van der Waals surface area (Å²) in [5.41, 5.74) is 0. The molecule has 2 heterocycles. The lowest BCUT2D eigenvalue weighted by atomic mass is 10.0. The van der Waals surface area contributed by atoms with Gasteiger partial charge in [-0.15, -0.1) is 0 Å². The molecule has 0 bridgehead atoms. The Morgan fingerprint density at radius 1 is 1.36 bits per heavy atom. The molecular weight excluding hydrogens is 282 g/mol. The number of amides is 1. The van der Waals surface area contributed by atoms with Crippen LogP contribution in [0.3, 0.4) is 0 Å². The minimum absolute atomic E-state index is 0.0858. The van der Waals surface area contributed by atoms with Crippen LogP contribution in [-0.4, -0.2) is 52.5 Å². The van der Waals surface area contributed by atoms with E-state index in [2.05, 4.69) is 9.88 Å². The molecule has 1 aliphatic rings. The Bertz CT molecular complexity index is 499. The van der Waals surface area contributed by atoms with Crippen molar-refractivity contribution in [3.05, 3.63) is 24.4 Å². The molecule has 1 amide bonds. The number of aromatic nitrogens is 1. The van der Waals surface area contributed by atoms with Gasteiger partial charge in [0.05, 0.1) is 6.42 Å². The van der Waals surface area contributed by atoms with Gasteiger partial charge in [-0.25, -0.2) is 4.98 Å². The fourth-order valence-corrected chi connectivity index (χ4v) is 2.84. The zero-order chi connectivity index (χ0) is 15.9. The van der Waals surface area contributed by atoms with Crippen molar-refractivity contribution in [3.63, 3.8) is 0 Å². The highest BCUT2D eigenvalue weighted by Gasteiger charge is 2.29. The first kappa shape index (κ1) is 16.4. The minimum atomic E-state index is -0.765. The Kier molecular flexibility index (Phi) is 5.89. The van der Waals surface area contributed by atoms with Crippen LogP contribution < -0.4 is 4.90 Å². The lowest BCUT2D eigenvalue weighted by molar-refractivity contribution is -0.137. The first-order chi connectivity index (χ1) is 10.6. The number of carbonyl (C=O) groups is 2. The maximum Gasteiger partial charge on any atom is 0.304 e. The summed E-state index contributed by atoms with van der Waals surface area (Å²) >= 11 is 0. The SMILES string of the molecule is CCC(=O)N(c1ccccn1)C1CCN(CCC(=O)O)CC1. The van der Waals surface area contributed by atoms with Gasteiger partial charge >= 0.3 is 5.97 Å². The second-order valence-electron chi connectivity index (χ2n) is 5.52. The zero-order valence-corrected chi connectivity index (χ0v) is 12.9. The summed E-state index contributed by atoms with van der Waals surface area (Å²) in [6, 6.07) is 5.74. The van der Waals surface area contributed by atoms with Crippen molar-refractivity contribution >= 4 is 17.7 Å². The molecule has 0 unspecified atom stereocenters. The van der Waals surface area contributed by atoms with Gasteiger partial charge < -0.3 is 10.0 Å². The number of rotatable bonds is 6. The molecule has 1 fully saturated rings. The fraction of sp³-hybridized carbons (Fsp3) is 0.562. The number of carboxylic acid groups (broad SMARTS) is 1. The van der Waals surface area contributed by atoms with Crippen LogP contribution in [0, 0.1) is 0 Å². The number of anilines is 1. The zero-order valence-electron chi connectivity index (χ0n) is 12.9. The Balaban J connectivity index is 1.99. The molecule has 120 valence electrons. The van der Waals surface area contributed by atoms with E-state index in [9.17, 15) is 9.59 Å². The van der Waals surface area contributed by atoms with Crippen LogP contribution in [0.4, 0.5) is 5.82 Å². The number of aliphatic carboxylic acids is 1. The quantitative estimate of drug-likeness (QED) is 0.867. The molecule has 0 spiro atoms. The number of piperidine rings is 1. The molecule has 1 aromatic heterocycles. The van der Waals surface area contributed by atoms with E-state index in [1.54, 1.807) is 6.20 Å². The standard InChI is InChI=1S/C16H23N3O3/c1-2-15(20)19(14-5-3-4-9-17-14)13-6-10-18(11-7-13)12-8-16(21)22/h3-5,9,13H,2,6-8,10-12H2,1H3,(H,21,22). The normalized spacial score (nSPS) is 16.4. The molecular formula is C16H23N3O3. The van der Waals surface area contributed by atoms with Gasteiger partial charge in [0.15, 0.2) is 0 Å². The van der Waals surface area contributed by atoms with E-state index in [0.717, 1.165) is 25.9 Å². The van der Waals surface area contributed by atoms with Crippen LogP contribution in [0.1, 0.15) is 32.6 Å². The molecule has 1 saturated heterocycles. The highest BCUT2D eigenvalue weighted by atomic mass is 16.4. The van der Waals surface area contributed by atoms with E-state index in [1.807, 2.05) is 30.0 Å². The monoisotopic (exact) mass is 305 g/mol. The van der Waals surface area contributed by atoms with Gasteiger partial charge in [0.2, 0.25) is 5.91 Å². The van der Waals surface area contributed by atoms with E-state index in [4.69, 9.17) is 5.11 Å². The van der Waals surface area contributed by atoms with Crippen molar-refractivity contribution in [2.24, 2.45) is 0 Å². The third-order valence-electron chi connectivity index (χ3n) is 4.03. The smallest absolute Gasteiger partial charge is 0.304 e. The number of hydrogen-bond donors (Lipinski definition) is 1. The molecule has 6 nitrogen and oxygen atoms in total.